The molecule has 0 aromatic heterocycles. The van der Waals surface area contributed by atoms with Gasteiger partial charge in [0.25, 0.3) is 0 Å². The summed E-state index contributed by atoms with van der Waals surface area (Å²) in [6.07, 6.45) is 3.52. The van der Waals surface area contributed by atoms with Crippen LogP contribution in [-0.2, 0) is 13.9 Å². The van der Waals surface area contributed by atoms with E-state index in [1.165, 1.54) is 6.66 Å². The number of nitrogens with one attached hydrogen (secondary N) is 1. The largest absolute Gasteiger partial charge is 0.352 e. The Bertz CT molecular complexity index is 298. The number of carbonyl (C=O) groups excluding carboxylic acids is 1. The monoisotopic (exact) mass is 263 g/mol. The molecule has 0 aliphatic heterocycles. The van der Waals surface area contributed by atoms with Gasteiger partial charge in [0.2, 0.25) is 5.91 Å². The molecule has 0 aliphatic rings. The van der Waals surface area contributed by atoms with Gasteiger partial charge in [0.15, 0.2) is 0 Å². The number of hydrogen-bond acceptors (Lipinski definition) is 3. The molecule has 0 fully saturated rings. The molecule has 0 saturated heterocycles. The van der Waals surface area contributed by atoms with Crippen molar-refractivity contribution < 1.29 is 18.8 Å². The summed E-state index contributed by atoms with van der Waals surface area (Å²) in [5.74, 6) is -0.111. The van der Waals surface area contributed by atoms with Crippen LogP contribution in [0.4, 0.5) is 0 Å². The van der Waals surface area contributed by atoms with Gasteiger partial charge in [-0.05, 0) is 19.8 Å². The van der Waals surface area contributed by atoms with Crippen LogP contribution >= 0.6 is 7.60 Å². The van der Waals surface area contributed by atoms with Crippen molar-refractivity contribution in [1.29, 1.82) is 0 Å². The molecule has 0 aromatic carbocycles. The quantitative estimate of drug-likeness (QED) is 0.379. The lowest BCUT2D eigenvalue weighted by atomic mass is 10.2. The van der Waals surface area contributed by atoms with Crippen molar-refractivity contribution in [1.82, 2.24) is 5.32 Å². The van der Waals surface area contributed by atoms with Crippen LogP contribution in [0, 0.1) is 0 Å². The van der Waals surface area contributed by atoms with E-state index in [1.54, 1.807) is 6.92 Å². The van der Waals surface area contributed by atoms with Crippen LogP contribution in [0.1, 0.15) is 32.6 Å². The average Bonchev–Trinajstić information content (AvgIpc) is 2.19. The first kappa shape index (κ1) is 16.4. The topological polar surface area (TPSA) is 75.6 Å². The average molecular weight is 263 g/mol. The molecule has 0 spiro atoms. The first-order valence-corrected chi connectivity index (χ1v) is 7.74. The van der Waals surface area contributed by atoms with Crippen molar-refractivity contribution in [3.05, 3.63) is 12.2 Å². The lowest BCUT2D eigenvalue weighted by Gasteiger charge is -2.07. The van der Waals surface area contributed by atoms with Gasteiger partial charge >= 0.3 is 7.60 Å². The molecule has 1 unspecified atom stereocenters. The maximum Gasteiger partial charge on any atom is 0.325 e. The van der Waals surface area contributed by atoms with E-state index in [0.29, 0.717) is 18.7 Å². The smallest absolute Gasteiger partial charge is 0.325 e. The predicted molar refractivity (Wildman–Crippen MR) is 68.0 cm³/mol. The first-order valence-electron chi connectivity index (χ1n) is 5.71. The van der Waals surface area contributed by atoms with Crippen molar-refractivity contribution in [2.45, 2.75) is 32.6 Å². The van der Waals surface area contributed by atoms with Crippen LogP contribution in [0.5, 0.6) is 0 Å². The number of amides is 1. The zero-order valence-corrected chi connectivity index (χ0v) is 11.5. The fourth-order valence-corrected chi connectivity index (χ4v) is 1.64. The molecular formula is C11H22NO4P. The Morgan fingerprint density at radius 2 is 1.94 bits per heavy atom. The molecule has 6 heteroatoms. The molecule has 0 aliphatic carbocycles. The van der Waals surface area contributed by atoms with Crippen molar-refractivity contribution in [3.8, 4) is 0 Å². The second-order valence-electron chi connectivity index (χ2n) is 4.09. The van der Waals surface area contributed by atoms with Crippen molar-refractivity contribution in [2.75, 3.05) is 19.8 Å². The third kappa shape index (κ3) is 11.6. The van der Waals surface area contributed by atoms with E-state index < -0.39 is 7.60 Å². The van der Waals surface area contributed by atoms with E-state index in [2.05, 4.69) is 11.9 Å². The lowest BCUT2D eigenvalue weighted by Crippen LogP contribution is -2.24. The summed E-state index contributed by atoms with van der Waals surface area (Å²) in [5, 5.41) is 2.74. The minimum atomic E-state index is -3.32. The van der Waals surface area contributed by atoms with E-state index in [-0.39, 0.29) is 5.91 Å². The zero-order chi connectivity index (χ0) is 13.3. The molecule has 0 heterocycles. The van der Waals surface area contributed by atoms with Crippen LogP contribution in [0.25, 0.3) is 0 Å². The Labute approximate surface area is 103 Å². The molecule has 0 radical (unpaired) electrons. The number of unbranched alkanes of at least 4 members (excludes halogenated alkanes) is 3. The summed E-state index contributed by atoms with van der Waals surface area (Å²) in [7, 11) is -3.32. The third-order valence-electron chi connectivity index (χ3n) is 2.08. The highest BCUT2D eigenvalue weighted by Crippen LogP contribution is 2.36. The molecule has 0 rings (SSSR count). The van der Waals surface area contributed by atoms with Crippen LogP contribution in [0.3, 0.4) is 0 Å². The summed E-state index contributed by atoms with van der Waals surface area (Å²) in [5.41, 5.74) is 0.514. The zero-order valence-electron chi connectivity index (χ0n) is 10.6. The van der Waals surface area contributed by atoms with Crippen LogP contribution in [-0.4, -0.2) is 30.6 Å². The summed E-state index contributed by atoms with van der Waals surface area (Å²) in [6.45, 7) is 7.34. The Hall–Kier alpha value is -0.640. The second kappa shape index (κ2) is 8.45. The highest BCUT2D eigenvalue weighted by Gasteiger charge is 2.08. The standard InChI is InChI=1S/C11H22NO4P/c1-10(2)11(13)12-8-6-4-5-7-9-16-17(3,14)15/h1,4-9H2,2-3H3,(H,12,13)(H,14,15). The van der Waals surface area contributed by atoms with Crippen LogP contribution in [0.15, 0.2) is 12.2 Å². The van der Waals surface area contributed by atoms with E-state index >= 15 is 0 Å². The predicted octanol–water partition coefficient (Wildman–Crippen LogP) is 2.07. The van der Waals surface area contributed by atoms with Crippen molar-refractivity contribution in [3.63, 3.8) is 0 Å². The summed E-state index contributed by atoms with van der Waals surface area (Å²) >= 11 is 0. The van der Waals surface area contributed by atoms with Gasteiger partial charge in [-0.15, -0.1) is 0 Å². The Balaban J connectivity index is 3.28. The Morgan fingerprint density at radius 3 is 2.47 bits per heavy atom. The molecule has 5 nitrogen and oxygen atoms in total. The van der Waals surface area contributed by atoms with Gasteiger partial charge in [-0.2, -0.15) is 0 Å². The van der Waals surface area contributed by atoms with Crippen molar-refractivity contribution in [2.24, 2.45) is 0 Å². The minimum absolute atomic E-state index is 0.111. The maximum absolute atomic E-state index is 11.1. The van der Waals surface area contributed by atoms with Crippen LogP contribution < -0.4 is 5.32 Å². The van der Waals surface area contributed by atoms with Gasteiger partial charge in [-0.3, -0.25) is 9.36 Å². The fourth-order valence-electron chi connectivity index (χ4n) is 1.17. The number of carbonyl (C=O) groups is 1. The van der Waals surface area contributed by atoms with Gasteiger partial charge < -0.3 is 14.7 Å². The maximum atomic E-state index is 11.1. The van der Waals surface area contributed by atoms with Gasteiger partial charge in [0.05, 0.1) is 6.61 Å². The summed E-state index contributed by atoms with van der Waals surface area (Å²) in [6, 6.07) is 0. The molecular weight excluding hydrogens is 241 g/mol. The van der Waals surface area contributed by atoms with Gasteiger partial charge in [-0.1, -0.05) is 19.4 Å². The number of rotatable bonds is 9. The lowest BCUT2D eigenvalue weighted by molar-refractivity contribution is -0.117. The second-order valence-corrected chi connectivity index (χ2v) is 5.95. The molecule has 0 aromatic rings. The first-order chi connectivity index (χ1) is 7.83. The molecule has 17 heavy (non-hydrogen) atoms. The molecule has 1 amide bonds. The van der Waals surface area contributed by atoms with E-state index in [0.717, 1.165) is 25.7 Å². The molecule has 0 bridgehead atoms. The SMILES string of the molecule is C=C(C)C(=O)NCCCCCCOP(C)(=O)O. The highest BCUT2D eigenvalue weighted by molar-refractivity contribution is 7.51. The molecule has 0 saturated carbocycles. The third-order valence-corrected chi connectivity index (χ3v) is 2.74. The van der Waals surface area contributed by atoms with E-state index in [4.69, 9.17) is 9.42 Å². The van der Waals surface area contributed by atoms with Gasteiger partial charge in [0, 0.05) is 18.8 Å². The molecule has 2 N–H and O–H groups in total. The number of hydrogen-bond donors (Lipinski definition) is 2. The van der Waals surface area contributed by atoms with Crippen molar-refractivity contribution >= 4 is 13.5 Å². The van der Waals surface area contributed by atoms with E-state index in [9.17, 15) is 9.36 Å². The molecule has 100 valence electrons. The Morgan fingerprint density at radius 1 is 1.35 bits per heavy atom. The Kier molecular flexibility index (Phi) is 8.13. The minimum Gasteiger partial charge on any atom is -0.352 e. The molecule has 1 atom stereocenters. The normalized spacial score (nSPS) is 14.1. The van der Waals surface area contributed by atoms with Gasteiger partial charge in [-0.25, -0.2) is 0 Å². The fraction of sp³-hybridized carbons (Fsp3) is 0.727. The highest BCUT2D eigenvalue weighted by atomic mass is 31.2. The van der Waals surface area contributed by atoms with E-state index in [1.807, 2.05) is 0 Å². The summed E-state index contributed by atoms with van der Waals surface area (Å²) in [4.78, 5) is 19.9. The van der Waals surface area contributed by atoms with Crippen LogP contribution in [0.2, 0.25) is 0 Å². The summed E-state index contributed by atoms with van der Waals surface area (Å²) < 4.78 is 15.5. The van der Waals surface area contributed by atoms with Gasteiger partial charge in [0.1, 0.15) is 0 Å².